The number of aromatic nitrogens is 2. The number of pyridine rings is 1. The van der Waals surface area contributed by atoms with E-state index in [0.29, 0.717) is 0 Å². The molecule has 0 N–H and O–H groups in total. The molecule has 0 bridgehead atoms. The summed E-state index contributed by atoms with van der Waals surface area (Å²) in [5, 5.41) is 6.30. The fraction of sp³-hybridized carbons (Fsp3) is 0.0682. The highest BCUT2D eigenvalue weighted by Gasteiger charge is 2.30. The first-order valence-corrected chi connectivity index (χ1v) is 17.7. The van der Waals surface area contributed by atoms with E-state index in [1.165, 1.54) is 27.5 Å². The first-order valence-electron chi connectivity index (χ1n) is 16.9. The quantitative estimate of drug-likeness (QED) is 0.169. The van der Waals surface area contributed by atoms with E-state index in [1.54, 1.807) is 11.8 Å². The van der Waals surface area contributed by atoms with E-state index in [2.05, 4.69) is 176 Å². The van der Waals surface area contributed by atoms with Gasteiger partial charge >= 0.3 is 0 Å². The Morgan fingerprint density at radius 3 is 2.10 bits per heavy atom. The lowest BCUT2D eigenvalue weighted by atomic mass is 9.95. The predicted molar refractivity (Wildman–Crippen MR) is 207 cm³/mol. The first kappa shape index (κ1) is 30.3. The van der Waals surface area contributed by atoms with Crippen LogP contribution in [-0.4, -0.2) is 15.6 Å². The molecule has 0 spiro atoms. The van der Waals surface area contributed by atoms with Crippen LogP contribution < -0.4 is 10.1 Å². The Balaban J connectivity index is 1.10. The van der Waals surface area contributed by atoms with Crippen molar-refractivity contribution in [3.05, 3.63) is 164 Å². The normalized spacial score (nSPS) is 12.7. The summed E-state index contributed by atoms with van der Waals surface area (Å²) in [6.07, 6.45) is 1.93. The molecule has 1 aliphatic rings. The molecule has 0 saturated heterocycles. The highest BCUT2D eigenvalue weighted by atomic mass is 32.2. The largest absolute Gasteiger partial charge is 0.294 e. The van der Waals surface area contributed by atoms with E-state index in [9.17, 15) is 0 Å². The summed E-state index contributed by atoms with van der Waals surface area (Å²) in [7, 11) is 0. The molecule has 9 rings (SSSR count). The van der Waals surface area contributed by atoms with Gasteiger partial charge in [0.05, 0.1) is 34.1 Å². The molecule has 6 heteroatoms. The van der Waals surface area contributed by atoms with Crippen molar-refractivity contribution in [3.8, 4) is 28.1 Å². The van der Waals surface area contributed by atoms with Gasteiger partial charge in [0.2, 0.25) is 0 Å². The van der Waals surface area contributed by atoms with Gasteiger partial charge in [-0.05, 0) is 96.8 Å². The molecule has 5 nitrogen and oxygen atoms in total. The molecule has 3 heterocycles. The molecule has 0 radical (unpaired) electrons. The van der Waals surface area contributed by atoms with Gasteiger partial charge in [-0.1, -0.05) is 109 Å². The van der Waals surface area contributed by atoms with Crippen LogP contribution in [0.5, 0.6) is 0 Å². The van der Waals surface area contributed by atoms with E-state index in [-0.39, 0.29) is 6.04 Å². The molecular formula is C44H34N4OS. The Kier molecular flexibility index (Phi) is 7.61. The Morgan fingerprint density at radius 2 is 1.26 bits per heavy atom. The number of fused-ring (bicyclic) bond motifs is 4. The van der Waals surface area contributed by atoms with E-state index in [4.69, 9.17) is 9.92 Å². The standard InChI is InChI=1S/C44H34N4OS/c1-30(2)47-41-21-10-11-22-42(41)48(49-47)33-15-12-16-34(28-33)50-35-23-24-39-38-19-8-9-20-40(38)46(43(39)29-35)44-27-32(25-26-45-44)37-18-7-6-17-36(37)31-13-4-3-5-14-31/h3-30H,1-2H3. The third kappa shape index (κ3) is 5.30. The van der Waals surface area contributed by atoms with E-state index in [1.807, 2.05) is 16.3 Å². The molecule has 2 aromatic heterocycles. The molecule has 0 fully saturated rings. The Morgan fingerprint density at radius 1 is 0.560 bits per heavy atom. The second kappa shape index (κ2) is 12.6. The highest BCUT2D eigenvalue weighted by Crippen LogP contribution is 2.44. The Bertz CT molecular complexity index is 2510. The fourth-order valence-corrected chi connectivity index (χ4v) is 7.84. The lowest BCUT2D eigenvalue weighted by Crippen LogP contribution is -2.30. The van der Waals surface area contributed by atoms with Gasteiger partial charge < -0.3 is 0 Å². The van der Waals surface area contributed by atoms with Crippen LogP contribution in [0.4, 0.5) is 17.1 Å². The maximum absolute atomic E-state index is 6.36. The van der Waals surface area contributed by atoms with Gasteiger partial charge in [0.1, 0.15) is 5.82 Å². The smallest absolute Gasteiger partial charge is 0.138 e. The van der Waals surface area contributed by atoms with Crippen LogP contribution >= 0.6 is 11.8 Å². The second-order valence-electron chi connectivity index (χ2n) is 12.7. The average Bonchev–Trinajstić information content (AvgIpc) is 3.72. The molecule has 0 unspecified atom stereocenters. The van der Waals surface area contributed by atoms with Gasteiger partial charge in [0.15, 0.2) is 0 Å². The summed E-state index contributed by atoms with van der Waals surface area (Å²) in [4.78, 5) is 13.6. The highest BCUT2D eigenvalue weighted by molar-refractivity contribution is 7.99. The first-order chi connectivity index (χ1) is 24.6. The second-order valence-corrected chi connectivity index (χ2v) is 13.9. The van der Waals surface area contributed by atoms with Gasteiger partial charge in [0, 0.05) is 26.8 Å². The number of hydrogen-bond donors (Lipinski definition) is 0. The number of hydrogen-bond acceptors (Lipinski definition) is 5. The third-order valence-corrected chi connectivity index (χ3v) is 10.2. The number of hydroxylamine groups is 1. The van der Waals surface area contributed by atoms with Gasteiger partial charge in [-0.3, -0.25) is 4.57 Å². The lowest BCUT2D eigenvalue weighted by Gasteiger charge is -2.23. The summed E-state index contributed by atoms with van der Waals surface area (Å²) in [6, 6.07) is 55.9. The summed E-state index contributed by atoms with van der Waals surface area (Å²) in [5.41, 5.74) is 10.1. The number of nitrogens with zero attached hydrogens (tertiary/aromatic N) is 4. The van der Waals surface area contributed by atoms with Crippen LogP contribution in [0.1, 0.15) is 13.8 Å². The molecular weight excluding hydrogens is 633 g/mol. The molecule has 0 atom stereocenters. The fourth-order valence-electron chi connectivity index (χ4n) is 6.94. The number of para-hydroxylation sites is 3. The van der Waals surface area contributed by atoms with Crippen LogP contribution in [0, 0.1) is 0 Å². The monoisotopic (exact) mass is 666 g/mol. The zero-order valence-electron chi connectivity index (χ0n) is 27.8. The number of rotatable bonds is 7. The molecule has 6 aromatic carbocycles. The number of benzene rings is 6. The Hall–Kier alpha value is -5.82. The minimum atomic E-state index is 0.200. The zero-order chi connectivity index (χ0) is 33.6. The van der Waals surface area contributed by atoms with Crippen molar-refractivity contribution in [2.45, 2.75) is 29.7 Å². The van der Waals surface area contributed by atoms with Crippen molar-refractivity contribution in [3.63, 3.8) is 0 Å². The molecule has 50 heavy (non-hydrogen) atoms. The summed E-state index contributed by atoms with van der Waals surface area (Å²) in [6.45, 7) is 4.27. The summed E-state index contributed by atoms with van der Waals surface area (Å²) >= 11 is 1.75. The zero-order valence-corrected chi connectivity index (χ0v) is 28.6. The van der Waals surface area contributed by atoms with Crippen molar-refractivity contribution < 1.29 is 4.94 Å². The maximum Gasteiger partial charge on any atom is 0.138 e. The van der Waals surface area contributed by atoms with Crippen molar-refractivity contribution >= 4 is 50.6 Å². The molecule has 8 aromatic rings. The Labute approximate surface area is 295 Å². The van der Waals surface area contributed by atoms with Crippen LogP contribution in [0.25, 0.3) is 49.9 Å². The topological polar surface area (TPSA) is 33.5 Å². The van der Waals surface area contributed by atoms with Crippen LogP contribution in [0.3, 0.4) is 0 Å². The van der Waals surface area contributed by atoms with Crippen molar-refractivity contribution in [2.75, 3.05) is 10.1 Å². The van der Waals surface area contributed by atoms with E-state index in [0.717, 1.165) is 49.3 Å². The minimum Gasteiger partial charge on any atom is -0.294 e. The predicted octanol–water partition coefficient (Wildman–Crippen LogP) is 11.9. The van der Waals surface area contributed by atoms with Crippen molar-refractivity contribution in [1.29, 1.82) is 0 Å². The van der Waals surface area contributed by atoms with Gasteiger partial charge in [-0.25, -0.2) is 10.0 Å². The maximum atomic E-state index is 6.36. The SMILES string of the molecule is CC(C)N1ON(c2cccc(Sc3ccc4c5ccccc5n(-c5cc(-c6ccccc6-c6ccccc6)ccn5)c4c3)c2)c2ccccc21. The van der Waals surface area contributed by atoms with Crippen LogP contribution in [-0.2, 0) is 4.94 Å². The van der Waals surface area contributed by atoms with E-state index < -0.39 is 0 Å². The van der Waals surface area contributed by atoms with Gasteiger partial charge in [0.25, 0.3) is 0 Å². The molecule has 0 aliphatic carbocycles. The summed E-state index contributed by atoms with van der Waals surface area (Å²) < 4.78 is 2.30. The van der Waals surface area contributed by atoms with Crippen LogP contribution in [0.15, 0.2) is 174 Å². The van der Waals surface area contributed by atoms with Crippen LogP contribution in [0.2, 0.25) is 0 Å². The average molecular weight is 667 g/mol. The summed E-state index contributed by atoms with van der Waals surface area (Å²) in [5.74, 6) is 0.889. The lowest BCUT2D eigenvalue weighted by molar-refractivity contribution is 0.112. The minimum absolute atomic E-state index is 0.200. The van der Waals surface area contributed by atoms with Gasteiger partial charge in [-0.2, -0.15) is 5.06 Å². The van der Waals surface area contributed by atoms with Crippen molar-refractivity contribution in [2.24, 2.45) is 0 Å². The molecule has 0 saturated carbocycles. The van der Waals surface area contributed by atoms with E-state index >= 15 is 0 Å². The molecule has 242 valence electrons. The third-order valence-electron chi connectivity index (χ3n) is 9.21. The number of anilines is 3. The van der Waals surface area contributed by atoms with Gasteiger partial charge in [-0.15, -0.1) is 4.94 Å². The molecule has 0 amide bonds. The molecule has 1 aliphatic heterocycles. The van der Waals surface area contributed by atoms with Crippen molar-refractivity contribution in [1.82, 2.24) is 9.55 Å².